The van der Waals surface area contributed by atoms with Crippen LogP contribution in [0, 0.1) is 11.6 Å². The van der Waals surface area contributed by atoms with Crippen LogP contribution in [0.4, 0.5) is 14.5 Å². The third-order valence-corrected chi connectivity index (χ3v) is 4.96. The van der Waals surface area contributed by atoms with E-state index in [1.807, 2.05) is 20.8 Å². The molecule has 0 aliphatic rings. The first-order chi connectivity index (χ1) is 10.5. The van der Waals surface area contributed by atoms with Crippen molar-refractivity contribution in [2.75, 3.05) is 4.72 Å². The molecule has 0 aliphatic carbocycles. The van der Waals surface area contributed by atoms with Gasteiger partial charge in [0.2, 0.25) is 0 Å². The molecule has 1 N–H and O–H groups in total. The number of hydrogen-bond acceptors (Lipinski definition) is 2. The SMILES string of the molecule is CC(C)(C)c1ccc(NS(=O)(=O)c2ccc(F)c(F)c2)c(Cl)c1. The van der Waals surface area contributed by atoms with Crippen LogP contribution >= 0.6 is 11.6 Å². The number of hydrogen-bond donors (Lipinski definition) is 1. The number of rotatable bonds is 3. The van der Waals surface area contributed by atoms with E-state index < -0.39 is 21.7 Å². The molecule has 3 nitrogen and oxygen atoms in total. The fourth-order valence-electron chi connectivity index (χ4n) is 1.91. The highest BCUT2D eigenvalue weighted by Gasteiger charge is 2.20. The van der Waals surface area contributed by atoms with Gasteiger partial charge in [-0.3, -0.25) is 4.72 Å². The van der Waals surface area contributed by atoms with Crippen LogP contribution in [0.2, 0.25) is 5.02 Å². The molecule has 23 heavy (non-hydrogen) atoms. The number of benzene rings is 2. The molecule has 2 aromatic rings. The summed E-state index contributed by atoms with van der Waals surface area (Å²) in [5.74, 6) is -2.35. The van der Waals surface area contributed by atoms with Crippen molar-refractivity contribution in [1.29, 1.82) is 0 Å². The van der Waals surface area contributed by atoms with Crippen molar-refractivity contribution < 1.29 is 17.2 Å². The van der Waals surface area contributed by atoms with Crippen molar-refractivity contribution in [3.05, 3.63) is 58.6 Å². The van der Waals surface area contributed by atoms with Crippen molar-refractivity contribution >= 4 is 27.3 Å². The minimum atomic E-state index is -4.06. The second-order valence-electron chi connectivity index (χ2n) is 6.13. The molecule has 124 valence electrons. The normalized spacial score (nSPS) is 12.3. The molecule has 0 bridgehead atoms. The first kappa shape index (κ1) is 17.7. The van der Waals surface area contributed by atoms with E-state index in [-0.39, 0.29) is 21.0 Å². The molecule has 0 fully saturated rings. The lowest BCUT2D eigenvalue weighted by atomic mass is 9.87. The predicted molar refractivity (Wildman–Crippen MR) is 87.3 cm³/mol. The van der Waals surface area contributed by atoms with E-state index in [0.29, 0.717) is 6.07 Å². The van der Waals surface area contributed by atoms with Gasteiger partial charge in [0.15, 0.2) is 11.6 Å². The number of halogens is 3. The Balaban J connectivity index is 2.36. The first-order valence-corrected chi connectivity index (χ1v) is 8.65. The lowest BCUT2D eigenvalue weighted by Crippen LogP contribution is -2.15. The summed E-state index contributed by atoms with van der Waals surface area (Å²) < 4.78 is 52.9. The quantitative estimate of drug-likeness (QED) is 0.862. The summed E-state index contributed by atoms with van der Waals surface area (Å²) >= 11 is 6.12. The summed E-state index contributed by atoms with van der Waals surface area (Å²) in [7, 11) is -4.06. The lowest BCUT2D eigenvalue weighted by molar-refractivity contribution is 0.504. The predicted octanol–water partition coefficient (Wildman–Crippen LogP) is 4.72. The van der Waals surface area contributed by atoms with Gasteiger partial charge in [-0.1, -0.05) is 38.4 Å². The maximum atomic E-state index is 13.2. The zero-order valence-corrected chi connectivity index (χ0v) is 14.4. The average molecular weight is 360 g/mol. The maximum absolute atomic E-state index is 13.2. The van der Waals surface area contributed by atoms with Crippen LogP contribution in [-0.2, 0) is 15.4 Å². The number of sulfonamides is 1. The fraction of sp³-hybridized carbons (Fsp3) is 0.250. The molecule has 0 aliphatic heterocycles. The number of nitrogens with one attached hydrogen (secondary N) is 1. The molecule has 0 unspecified atom stereocenters. The van der Waals surface area contributed by atoms with Gasteiger partial charge >= 0.3 is 0 Å². The highest BCUT2D eigenvalue weighted by Crippen LogP contribution is 2.31. The highest BCUT2D eigenvalue weighted by atomic mass is 35.5. The topological polar surface area (TPSA) is 46.2 Å². The van der Waals surface area contributed by atoms with Crippen molar-refractivity contribution in [2.45, 2.75) is 31.1 Å². The molecule has 7 heteroatoms. The summed E-state index contributed by atoms with van der Waals surface area (Å²) in [6.07, 6.45) is 0. The van der Waals surface area contributed by atoms with Gasteiger partial charge in [0.05, 0.1) is 15.6 Å². The second kappa shape index (κ2) is 6.09. The van der Waals surface area contributed by atoms with E-state index in [0.717, 1.165) is 17.7 Å². The molecule has 0 spiro atoms. The molecule has 0 saturated heterocycles. The summed E-state index contributed by atoms with van der Waals surface area (Å²) in [6, 6.07) is 7.33. The van der Waals surface area contributed by atoms with E-state index in [4.69, 9.17) is 11.6 Å². The Hall–Kier alpha value is -1.66. The van der Waals surface area contributed by atoms with E-state index >= 15 is 0 Å². The molecule has 0 saturated carbocycles. The standard InChI is InChI=1S/C16H16ClF2NO2S/c1-16(2,3)10-4-7-15(12(17)8-10)20-23(21,22)11-5-6-13(18)14(19)9-11/h4-9,20H,1-3H3. The summed E-state index contributed by atoms with van der Waals surface area (Å²) in [6.45, 7) is 6.01. The zero-order valence-electron chi connectivity index (χ0n) is 12.8. The molecule has 2 aromatic carbocycles. The van der Waals surface area contributed by atoms with E-state index in [1.54, 1.807) is 18.2 Å². The Labute approximate surface area is 139 Å². The van der Waals surface area contributed by atoms with E-state index in [2.05, 4.69) is 4.72 Å². The van der Waals surface area contributed by atoms with E-state index in [1.165, 1.54) is 0 Å². The van der Waals surface area contributed by atoms with Gasteiger partial charge in [-0.25, -0.2) is 17.2 Å². The Bertz CT molecular complexity index is 846. The maximum Gasteiger partial charge on any atom is 0.262 e. The molecule has 0 radical (unpaired) electrons. The summed E-state index contributed by atoms with van der Waals surface area (Å²) in [4.78, 5) is -0.382. The Kier molecular flexibility index (Phi) is 4.69. The Morgan fingerprint density at radius 1 is 1.00 bits per heavy atom. The van der Waals surface area contributed by atoms with Crippen LogP contribution < -0.4 is 4.72 Å². The van der Waals surface area contributed by atoms with Crippen LogP contribution in [-0.4, -0.2) is 8.42 Å². The third-order valence-electron chi connectivity index (χ3n) is 3.28. The molecule has 0 atom stereocenters. The monoisotopic (exact) mass is 359 g/mol. The van der Waals surface area contributed by atoms with E-state index in [9.17, 15) is 17.2 Å². The van der Waals surface area contributed by atoms with Gasteiger partial charge in [0.25, 0.3) is 10.0 Å². The van der Waals surface area contributed by atoms with Gasteiger partial charge in [-0.05, 0) is 41.3 Å². The van der Waals surface area contributed by atoms with Crippen LogP contribution in [0.3, 0.4) is 0 Å². The molecule has 0 heterocycles. The average Bonchev–Trinajstić information content (AvgIpc) is 2.42. The highest BCUT2D eigenvalue weighted by molar-refractivity contribution is 7.92. The first-order valence-electron chi connectivity index (χ1n) is 6.78. The van der Waals surface area contributed by atoms with Crippen LogP contribution in [0.15, 0.2) is 41.3 Å². The molecular formula is C16H16ClF2NO2S. The lowest BCUT2D eigenvalue weighted by Gasteiger charge is -2.20. The van der Waals surface area contributed by atoms with Gasteiger partial charge < -0.3 is 0 Å². The molecule has 0 aromatic heterocycles. The Morgan fingerprint density at radius 3 is 2.17 bits per heavy atom. The van der Waals surface area contributed by atoms with Gasteiger partial charge in [-0.15, -0.1) is 0 Å². The fourth-order valence-corrected chi connectivity index (χ4v) is 3.29. The third kappa shape index (κ3) is 4.00. The minimum Gasteiger partial charge on any atom is -0.278 e. The smallest absolute Gasteiger partial charge is 0.262 e. The van der Waals surface area contributed by atoms with Gasteiger partial charge in [0, 0.05) is 0 Å². The molecular weight excluding hydrogens is 344 g/mol. The summed E-state index contributed by atoms with van der Waals surface area (Å²) in [5.41, 5.74) is 0.976. The molecule has 0 amide bonds. The largest absolute Gasteiger partial charge is 0.278 e. The van der Waals surface area contributed by atoms with Crippen LogP contribution in [0.5, 0.6) is 0 Å². The van der Waals surface area contributed by atoms with Gasteiger partial charge in [0.1, 0.15) is 0 Å². The zero-order chi connectivity index (χ0) is 17.4. The number of anilines is 1. The summed E-state index contributed by atoms with van der Waals surface area (Å²) in [5, 5.41) is 0.226. The van der Waals surface area contributed by atoms with Crippen molar-refractivity contribution in [3.63, 3.8) is 0 Å². The minimum absolute atomic E-state index is 0.138. The van der Waals surface area contributed by atoms with Crippen molar-refractivity contribution in [2.24, 2.45) is 0 Å². The second-order valence-corrected chi connectivity index (χ2v) is 8.22. The van der Waals surface area contributed by atoms with Crippen molar-refractivity contribution in [3.8, 4) is 0 Å². The van der Waals surface area contributed by atoms with Crippen LogP contribution in [0.25, 0.3) is 0 Å². The van der Waals surface area contributed by atoms with Crippen molar-refractivity contribution in [1.82, 2.24) is 0 Å². The van der Waals surface area contributed by atoms with Gasteiger partial charge in [-0.2, -0.15) is 0 Å². The molecule has 2 rings (SSSR count). The Morgan fingerprint density at radius 2 is 1.65 bits per heavy atom. The van der Waals surface area contributed by atoms with Crippen LogP contribution in [0.1, 0.15) is 26.3 Å².